The lowest BCUT2D eigenvalue weighted by Crippen LogP contribution is -2.35. The van der Waals surface area contributed by atoms with E-state index in [4.69, 9.17) is 20.1 Å². The van der Waals surface area contributed by atoms with E-state index in [0.717, 1.165) is 0 Å². The average molecular weight is 452 g/mol. The molecule has 0 bridgehead atoms. The van der Waals surface area contributed by atoms with E-state index in [9.17, 15) is 43.9 Å². The van der Waals surface area contributed by atoms with Crippen molar-refractivity contribution in [1.82, 2.24) is 0 Å². The second-order valence-corrected chi connectivity index (χ2v) is 5.39. The van der Waals surface area contributed by atoms with Crippen LogP contribution in [-0.4, -0.2) is 34.3 Å². The molecule has 0 aliphatic heterocycles. The van der Waals surface area contributed by atoms with E-state index in [-0.39, 0.29) is 0 Å². The van der Waals surface area contributed by atoms with Crippen molar-refractivity contribution in [3.63, 3.8) is 0 Å². The van der Waals surface area contributed by atoms with Crippen molar-refractivity contribution in [2.24, 2.45) is 0 Å². The first-order valence-corrected chi connectivity index (χ1v) is 7.32. The molecule has 4 N–H and O–H groups in total. The number of hydrogen-bond acceptors (Lipinski definition) is 4. The van der Waals surface area contributed by atoms with Gasteiger partial charge in [0, 0.05) is 10.9 Å². The van der Waals surface area contributed by atoms with Crippen molar-refractivity contribution in [2.75, 3.05) is 0 Å². The predicted octanol–water partition coefficient (Wildman–Crippen LogP) is 1.33. The molecule has 0 saturated carbocycles. The molecule has 164 valence electrons. The monoisotopic (exact) mass is 452 g/mol. The van der Waals surface area contributed by atoms with Crippen LogP contribution in [0.4, 0.5) is 43.9 Å². The fourth-order valence-electron chi connectivity index (χ4n) is 2.06. The van der Waals surface area contributed by atoms with E-state index < -0.39 is 71.9 Å². The smallest absolute Gasteiger partial charge is 0.423 e. The summed E-state index contributed by atoms with van der Waals surface area (Å²) in [6.07, 6.45) is -10.4. The lowest BCUT2D eigenvalue weighted by Gasteiger charge is -2.11. The Labute approximate surface area is 161 Å². The molecule has 2 rings (SSSR count). The minimum atomic E-state index is -5.22. The van der Waals surface area contributed by atoms with Crippen LogP contribution >= 0.6 is 0 Å². The van der Waals surface area contributed by atoms with Crippen molar-refractivity contribution < 1.29 is 64.0 Å². The van der Waals surface area contributed by atoms with Gasteiger partial charge in [-0.05, 0) is 12.1 Å². The maximum absolute atomic E-state index is 13.0. The summed E-state index contributed by atoms with van der Waals surface area (Å²) < 4.78 is 124. The molecule has 0 heterocycles. The quantitative estimate of drug-likeness (QED) is 0.410. The van der Waals surface area contributed by atoms with E-state index in [1.807, 2.05) is 0 Å². The second kappa shape index (κ2) is 9.24. The maximum Gasteiger partial charge on any atom is 0.491 e. The number of rotatable bonds is 2. The summed E-state index contributed by atoms with van der Waals surface area (Å²) in [5, 5.41) is 34.0. The topological polar surface area (TPSA) is 80.9 Å². The molecule has 0 aliphatic rings. The second-order valence-electron chi connectivity index (χ2n) is 5.39. The standard InChI is InChI=1S/2C7H4BF5O2/c2*9-4-2-1-3(8(14)15)6(10)5(4)7(11,12)13/h2*1-2,14-15H. The van der Waals surface area contributed by atoms with Crippen molar-refractivity contribution in [3.05, 3.63) is 58.7 Å². The van der Waals surface area contributed by atoms with Gasteiger partial charge in [-0.3, -0.25) is 0 Å². The van der Waals surface area contributed by atoms with Gasteiger partial charge in [0.15, 0.2) is 0 Å². The molecule has 0 saturated heterocycles. The van der Waals surface area contributed by atoms with E-state index in [1.165, 1.54) is 0 Å². The fraction of sp³-hybridized carbons (Fsp3) is 0.143. The Morgan fingerprint density at radius 3 is 1.00 bits per heavy atom. The minimum Gasteiger partial charge on any atom is -0.423 e. The fourth-order valence-corrected chi connectivity index (χ4v) is 2.06. The van der Waals surface area contributed by atoms with Gasteiger partial charge >= 0.3 is 26.6 Å². The lowest BCUT2D eigenvalue weighted by atomic mass is 9.79. The van der Waals surface area contributed by atoms with Gasteiger partial charge in [-0.15, -0.1) is 0 Å². The van der Waals surface area contributed by atoms with Gasteiger partial charge in [0.1, 0.15) is 34.4 Å². The number of alkyl halides is 6. The molecule has 0 amide bonds. The Bertz CT molecular complexity index is 826. The van der Waals surface area contributed by atoms with Crippen LogP contribution in [0.25, 0.3) is 0 Å². The van der Waals surface area contributed by atoms with Gasteiger partial charge in [-0.2, -0.15) is 26.3 Å². The van der Waals surface area contributed by atoms with E-state index >= 15 is 0 Å². The summed E-state index contributed by atoms with van der Waals surface area (Å²) in [5.74, 6) is -7.64. The van der Waals surface area contributed by atoms with Gasteiger partial charge in [0.25, 0.3) is 0 Å². The lowest BCUT2D eigenvalue weighted by molar-refractivity contribution is -0.143. The molecular weight excluding hydrogens is 444 g/mol. The van der Waals surface area contributed by atoms with Crippen LogP contribution < -0.4 is 10.9 Å². The molecule has 0 atom stereocenters. The third-order valence-electron chi connectivity index (χ3n) is 3.37. The van der Waals surface area contributed by atoms with Crippen LogP contribution in [0, 0.1) is 23.3 Å². The van der Waals surface area contributed by atoms with Crippen molar-refractivity contribution in [1.29, 1.82) is 0 Å². The highest BCUT2D eigenvalue weighted by Crippen LogP contribution is 2.33. The zero-order valence-electron chi connectivity index (χ0n) is 14.0. The highest BCUT2D eigenvalue weighted by atomic mass is 19.4. The molecule has 2 aromatic carbocycles. The SMILES string of the molecule is OB(O)c1ccc(F)c(C(F)(F)F)c1F.OB(O)c1ccc(F)c(C(F)(F)F)c1F. The average Bonchev–Trinajstić information content (AvgIpc) is 2.52. The molecule has 0 spiro atoms. The van der Waals surface area contributed by atoms with Crippen LogP contribution in [0.1, 0.15) is 11.1 Å². The molecule has 0 fully saturated rings. The molecule has 16 heteroatoms. The van der Waals surface area contributed by atoms with Gasteiger partial charge < -0.3 is 20.1 Å². The predicted molar refractivity (Wildman–Crippen MR) is 82.4 cm³/mol. The maximum atomic E-state index is 13.0. The first-order valence-electron chi connectivity index (χ1n) is 7.32. The van der Waals surface area contributed by atoms with Crippen molar-refractivity contribution in [2.45, 2.75) is 12.4 Å². The highest BCUT2D eigenvalue weighted by Gasteiger charge is 2.40. The largest absolute Gasteiger partial charge is 0.491 e. The summed E-state index contributed by atoms with van der Waals surface area (Å²) in [5.41, 5.74) is -6.31. The third kappa shape index (κ3) is 5.87. The van der Waals surface area contributed by atoms with Crippen LogP contribution in [0.2, 0.25) is 0 Å². The molecule has 2 aromatic rings. The van der Waals surface area contributed by atoms with Gasteiger partial charge in [0.2, 0.25) is 0 Å². The number of benzene rings is 2. The first kappa shape index (κ1) is 25.7. The highest BCUT2D eigenvalue weighted by molar-refractivity contribution is 6.59. The number of hydrogen-bond donors (Lipinski definition) is 4. The van der Waals surface area contributed by atoms with Gasteiger partial charge in [0.05, 0.1) is 0 Å². The van der Waals surface area contributed by atoms with Crippen LogP contribution in [0.3, 0.4) is 0 Å². The molecule has 0 aliphatic carbocycles. The van der Waals surface area contributed by atoms with Crippen molar-refractivity contribution >= 4 is 25.2 Å². The van der Waals surface area contributed by atoms with Crippen LogP contribution in [0.5, 0.6) is 0 Å². The van der Waals surface area contributed by atoms with E-state index in [2.05, 4.69) is 0 Å². The van der Waals surface area contributed by atoms with Crippen LogP contribution in [0.15, 0.2) is 24.3 Å². The molecule has 4 nitrogen and oxygen atoms in total. The Kier molecular flexibility index (Phi) is 7.93. The zero-order chi connectivity index (χ0) is 23.6. The Hall–Kier alpha value is -2.29. The van der Waals surface area contributed by atoms with E-state index in [1.54, 1.807) is 0 Å². The van der Waals surface area contributed by atoms with Gasteiger partial charge in [-0.1, -0.05) is 12.1 Å². The van der Waals surface area contributed by atoms with Gasteiger partial charge in [-0.25, -0.2) is 17.6 Å². The number of halogens is 10. The Morgan fingerprint density at radius 1 is 0.533 bits per heavy atom. The minimum absolute atomic E-state index is 0.320. The Morgan fingerprint density at radius 2 is 0.800 bits per heavy atom. The molecule has 0 radical (unpaired) electrons. The summed E-state index contributed by atoms with van der Waals surface area (Å²) in [6.45, 7) is 0. The van der Waals surface area contributed by atoms with E-state index in [0.29, 0.717) is 24.3 Å². The summed E-state index contributed by atoms with van der Waals surface area (Å²) in [4.78, 5) is 0. The first-order chi connectivity index (χ1) is 13.5. The summed E-state index contributed by atoms with van der Waals surface area (Å²) in [6, 6.07) is 1.70. The third-order valence-corrected chi connectivity index (χ3v) is 3.37. The molecule has 30 heavy (non-hydrogen) atoms. The Balaban J connectivity index is 0.000000300. The molecule has 0 unspecified atom stereocenters. The summed E-state index contributed by atoms with van der Waals surface area (Å²) in [7, 11) is -4.85. The zero-order valence-corrected chi connectivity index (χ0v) is 14.0. The molecule has 0 aromatic heterocycles. The van der Waals surface area contributed by atoms with Crippen molar-refractivity contribution in [3.8, 4) is 0 Å². The summed E-state index contributed by atoms with van der Waals surface area (Å²) >= 11 is 0. The van der Waals surface area contributed by atoms with Crippen LogP contribution in [-0.2, 0) is 12.4 Å². The normalized spacial score (nSPS) is 11.7. The molecular formula is C14H8B2F10O4.